The summed E-state index contributed by atoms with van der Waals surface area (Å²) in [6, 6.07) is 7.75. The SMILES string of the molecule is CNC(=O)C(NC(=O)CNC(=O)c1cccc(Cl)c1)c1ccc(F)c(F)c1. The zero-order valence-corrected chi connectivity index (χ0v) is 14.9. The molecule has 1 atom stereocenters. The van der Waals surface area contributed by atoms with Crippen LogP contribution in [-0.4, -0.2) is 31.3 Å². The van der Waals surface area contributed by atoms with Crippen LogP contribution in [0.4, 0.5) is 8.78 Å². The highest BCUT2D eigenvalue weighted by molar-refractivity contribution is 6.31. The van der Waals surface area contributed by atoms with Gasteiger partial charge in [-0.2, -0.15) is 0 Å². The number of carbonyl (C=O) groups excluding carboxylic acids is 3. The van der Waals surface area contributed by atoms with Crippen LogP contribution >= 0.6 is 11.6 Å². The molecule has 0 aliphatic rings. The van der Waals surface area contributed by atoms with Gasteiger partial charge >= 0.3 is 0 Å². The molecule has 2 aromatic rings. The average molecular weight is 396 g/mol. The fraction of sp³-hybridized carbons (Fsp3) is 0.167. The smallest absolute Gasteiger partial charge is 0.251 e. The van der Waals surface area contributed by atoms with Crippen LogP contribution in [0.3, 0.4) is 0 Å². The third-order valence-corrected chi connectivity index (χ3v) is 3.82. The van der Waals surface area contributed by atoms with Crippen molar-refractivity contribution in [1.29, 1.82) is 0 Å². The van der Waals surface area contributed by atoms with Crippen molar-refractivity contribution in [2.45, 2.75) is 6.04 Å². The number of halogens is 3. The second kappa shape index (κ2) is 9.09. The Hall–Kier alpha value is -3.00. The molecule has 0 saturated heterocycles. The van der Waals surface area contributed by atoms with Crippen LogP contribution in [0.1, 0.15) is 22.0 Å². The summed E-state index contributed by atoms with van der Waals surface area (Å²) < 4.78 is 26.5. The first-order valence-corrected chi connectivity index (χ1v) is 8.19. The van der Waals surface area contributed by atoms with Crippen molar-refractivity contribution in [1.82, 2.24) is 16.0 Å². The topological polar surface area (TPSA) is 87.3 Å². The van der Waals surface area contributed by atoms with Gasteiger partial charge in [0.2, 0.25) is 11.8 Å². The highest BCUT2D eigenvalue weighted by atomic mass is 35.5. The van der Waals surface area contributed by atoms with Gasteiger partial charge < -0.3 is 16.0 Å². The molecule has 6 nitrogen and oxygen atoms in total. The Morgan fingerprint density at radius 2 is 1.81 bits per heavy atom. The summed E-state index contributed by atoms with van der Waals surface area (Å²) in [4.78, 5) is 36.1. The van der Waals surface area contributed by atoms with Crippen LogP contribution in [0.15, 0.2) is 42.5 Å². The van der Waals surface area contributed by atoms with E-state index >= 15 is 0 Å². The third-order valence-electron chi connectivity index (χ3n) is 3.59. The molecule has 0 aliphatic heterocycles. The molecule has 0 bridgehead atoms. The Balaban J connectivity index is 2.04. The average Bonchev–Trinajstić information content (AvgIpc) is 2.65. The van der Waals surface area contributed by atoms with Crippen molar-refractivity contribution >= 4 is 29.3 Å². The molecule has 0 spiro atoms. The molecule has 3 N–H and O–H groups in total. The van der Waals surface area contributed by atoms with Gasteiger partial charge in [-0.25, -0.2) is 8.78 Å². The number of benzene rings is 2. The minimum absolute atomic E-state index is 0.0581. The van der Waals surface area contributed by atoms with Gasteiger partial charge in [-0.05, 0) is 35.9 Å². The van der Waals surface area contributed by atoms with E-state index in [1.54, 1.807) is 12.1 Å². The molecule has 0 fully saturated rings. The Bertz CT molecular complexity index is 877. The lowest BCUT2D eigenvalue weighted by atomic mass is 10.1. The highest BCUT2D eigenvalue weighted by Crippen LogP contribution is 2.17. The number of nitrogens with one attached hydrogen (secondary N) is 3. The molecule has 27 heavy (non-hydrogen) atoms. The third kappa shape index (κ3) is 5.49. The molecular weight excluding hydrogens is 380 g/mol. The molecule has 0 aliphatic carbocycles. The van der Waals surface area contributed by atoms with E-state index in [9.17, 15) is 23.2 Å². The molecule has 2 aromatic carbocycles. The first kappa shape index (κ1) is 20.3. The second-order valence-electron chi connectivity index (χ2n) is 5.48. The number of rotatable bonds is 6. The van der Waals surface area contributed by atoms with Gasteiger partial charge in [-0.15, -0.1) is 0 Å². The van der Waals surface area contributed by atoms with Gasteiger partial charge in [0.15, 0.2) is 11.6 Å². The normalized spacial score (nSPS) is 11.4. The number of hydrogen-bond acceptors (Lipinski definition) is 3. The van der Waals surface area contributed by atoms with E-state index in [0.717, 1.165) is 12.1 Å². The molecule has 0 aromatic heterocycles. The zero-order valence-electron chi connectivity index (χ0n) is 14.2. The van der Waals surface area contributed by atoms with Crippen molar-refractivity contribution in [2.24, 2.45) is 0 Å². The van der Waals surface area contributed by atoms with Crippen molar-refractivity contribution in [3.63, 3.8) is 0 Å². The van der Waals surface area contributed by atoms with E-state index < -0.39 is 41.9 Å². The summed E-state index contributed by atoms with van der Waals surface area (Å²) in [5.74, 6) is -4.07. The summed E-state index contributed by atoms with van der Waals surface area (Å²) in [6.07, 6.45) is 0. The highest BCUT2D eigenvalue weighted by Gasteiger charge is 2.23. The lowest BCUT2D eigenvalue weighted by molar-refractivity contribution is -0.128. The number of hydrogen-bond donors (Lipinski definition) is 3. The second-order valence-corrected chi connectivity index (χ2v) is 5.92. The maximum atomic E-state index is 13.4. The zero-order chi connectivity index (χ0) is 20.0. The summed E-state index contributed by atoms with van der Waals surface area (Å²) in [5.41, 5.74) is 0.321. The maximum Gasteiger partial charge on any atom is 0.251 e. The summed E-state index contributed by atoms with van der Waals surface area (Å²) in [5, 5.41) is 7.45. The molecule has 9 heteroatoms. The summed E-state index contributed by atoms with van der Waals surface area (Å²) in [6.45, 7) is -0.428. The molecule has 0 heterocycles. The number of likely N-dealkylation sites (N-methyl/N-ethyl adjacent to an activating group) is 1. The van der Waals surface area contributed by atoms with Crippen LogP contribution in [0, 0.1) is 11.6 Å². The van der Waals surface area contributed by atoms with Gasteiger partial charge in [0.05, 0.1) is 6.54 Å². The van der Waals surface area contributed by atoms with Gasteiger partial charge in [-0.3, -0.25) is 14.4 Å². The Labute approximate surface area is 158 Å². The van der Waals surface area contributed by atoms with E-state index in [2.05, 4.69) is 16.0 Å². The predicted molar refractivity (Wildman–Crippen MR) is 95.1 cm³/mol. The lowest BCUT2D eigenvalue weighted by Crippen LogP contribution is -2.43. The van der Waals surface area contributed by atoms with Crippen molar-refractivity contribution < 1.29 is 23.2 Å². The van der Waals surface area contributed by atoms with Crippen molar-refractivity contribution in [3.05, 3.63) is 70.2 Å². The van der Waals surface area contributed by atoms with Crippen LogP contribution in [0.25, 0.3) is 0 Å². The van der Waals surface area contributed by atoms with E-state index in [1.807, 2.05) is 0 Å². The van der Waals surface area contributed by atoms with Gasteiger partial charge in [0.25, 0.3) is 5.91 Å². The van der Waals surface area contributed by atoms with Crippen molar-refractivity contribution in [3.8, 4) is 0 Å². The van der Waals surface area contributed by atoms with Crippen LogP contribution in [0.2, 0.25) is 5.02 Å². The minimum Gasteiger partial charge on any atom is -0.357 e. The van der Waals surface area contributed by atoms with Crippen molar-refractivity contribution in [2.75, 3.05) is 13.6 Å². The van der Waals surface area contributed by atoms with E-state index in [-0.39, 0.29) is 11.1 Å². The predicted octanol–water partition coefficient (Wildman–Crippen LogP) is 1.95. The standard InChI is InChI=1S/C18H16ClF2N3O3/c1-22-18(27)16(10-5-6-13(20)14(21)8-10)24-15(25)9-23-17(26)11-3-2-4-12(19)7-11/h2-8,16H,9H2,1H3,(H,22,27)(H,23,26)(H,24,25). The van der Waals surface area contributed by atoms with E-state index in [0.29, 0.717) is 5.02 Å². The minimum atomic E-state index is -1.25. The lowest BCUT2D eigenvalue weighted by Gasteiger charge is -2.18. The molecule has 1 unspecified atom stereocenters. The molecule has 142 valence electrons. The Morgan fingerprint density at radius 3 is 2.44 bits per heavy atom. The maximum absolute atomic E-state index is 13.4. The van der Waals surface area contributed by atoms with Gasteiger partial charge in [0.1, 0.15) is 6.04 Å². The quantitative estimate of drug-likeness (QED) is 0.698. The van der Waals surface area contributed by atoms with E-state index in [1.165, 1.54) is 25.2 Å². The molecule has 0 radical (unpaired) electrons. The summed E-state index contributed by atoms with van der Waals surface area (Å²) >= 11 is 5.80. The van der Waals surface area contributed by atoms with Gasteiger partial charge in [0, 0.05) is 17.6 Å². The fourth-order valence-corrected chi connectivity index (χ4v) is 2.43. The molecule has 2 rings (SSSR count). The molecule has 3 amide bonds. The molecular formula is C18H16ClF2N3O3. The number of carbonyl (C=O) groups is 3. The largest absolute Gasteiger partial charge is 0.357 e. The monoisotopic (exact) mass is 395 g/mol. The first-order chi connectivity index (χ1) is 12.8. The Kier molecular flexibility index (Phi) is 6.84. The first-order valence-electron chi connectivity index (χ1n) is 7.81. The molecule has 0 saturated carbocycles. The van der Waals surface area contributed by atoms with Crippen LogP contribution in [0.5, 0.6) is 0 Å². The van der Waals surface area contributed by atoms with Crippen LogP contribution in [-0.2, 0) is 9.59 Å². The summed E-state index contributed by atoms with van der Waals surface area (Å²) in [7, 11) is 1.34. The van der Waals surface area contributed by atoms with Gasteiger partial charge in [-0.1, -0.05) is 23.7 Å². The van der Waals surface area contributed by atoms with E-state index in [4.69, 9.17) is 11.6 Å². The Morgan fingerprint density at radius 1 is 1.07 bits per heavy atom. The fourth-order valence-electron chi connectivity index (χ4n) is 2.24. The van der Waals surface area contributed by atoms with Crippen LogP contribution < -0.4 is 16.0 Å². The number of amides is 3.